The van der Waals surface area contributed by atoms with E-state index in [-0.39, 0.29) is 137 Å². The van der Waals surface area contributed by atoms with Gasteiger partial charge in [0.05, 0.1) is 44.4 Å². The first-order valence-corrected chi connectivity index (χ1v) is 21.2. The van der Waals surface area contributed by atoms with E-state index >= 15 is 0 Å². The van der Waals surface area contributed by atoms with Crippen molar-refractivity contribution in [2.24, 2.45) is 0 Å². The summed E-state index contributed by atoms with van der Waals surface area (Å²) in [6.07, 6.45) is 0.369. The second-order valence-electron chi connectivity index (χ2n) is 14.9. The molecular weight excluding hydrogens is 785 g/mol. The Morgan fingerprint density at radius 3 is 1.58 bits per heavy atom. The van der Waals surface area contributed by atoms with E-state index in [1.165, 1.54) is 28.4 Å². The van der Waals surface area contributed by atoms with Crippen LogP contribution in [0.5, 0.6) is 0 Å². The Balaban J connectivity index is 4.28. The number of thioether (sulfide) groups is 2. The minimum Gasteiger partial charge on any atom is -0.481 e. The molecule has 20 heteroatoms. The number of carbonyl (C=O) groups excluding carboxylic acids is 6. The molecule has 0 bridgehead atoms. The molecule has 0 heterocycles. The number of ether oxygens (including phenoxy) is 2. The maximum atomic E-state index is 13.0. The molecule has 0 unspecified atom stereocenters. The normalized spacial score (nSPS) is 11.9. The largest absolute Gasteiger partial charge is 0.481 e. The van der Waals surface area contributed by atoms with Crippen molar-refractivity contribution in [2.75, 3.05) is 77.2 Å². The summed E-state index contributed by atoms with van der Waals surface area (Å²) in [5.41, 5.74) is 0. The molecule has 7 N–H and O–H groups in total. The first-order valence-electron chi connectivity index (χ1n) is 19.2. The van der Waals surface area contributed by atoms with E-state index in [4.69, 9.17) is 14.6 Å². The Morgan fingerprint density at radius 2 is 1.05 bits per heavy atom. The summed E-state index contributed by atoms with van der Waals surface area (Å²) in [4.78, 5) is 97.1. The van der Waals surface area contributed by atoms with Crippen LogP contribution >= 0.6 is 23.5 Å². The molecule has 0 radical (unpaired) electrons. The lowest BCUT2D eigenvalue weighted by molar-refractivity contribution is -0.142. The number of nitrogens with one attached hydrogen (secondary N) is 5. The van der Waals surface area contributed by atoms with Crippen LogP contribution < -0.4 is 26.6 Å². The first kappa shape index (κ1) is 53.4. The molecule has 0 aromatic heterocycles. The van der Waals surface area contributed by atoms with Gasteiger partial charge >= 0.3 is 11.9 Å². The van der Waals surface area contributed by atoms with Crippen LogP contribution in [-0.2, 0) is 47.8 Å². The fraction of sp³-hybridized carbons (Fsp3) is 0.784. The zero-order valence-corrected chi connectivity index (χ0v) is 36.1. The molecule has 0 rings (SSSR count). The van der Waals surface area contributed by atoms with Crippen LogP contribution in [0.3, 0.4) is 0 Å². The Hall–Kier alpha value is -3.62. The van der Waals surface area contributed by atoms with Crippen molar-refractivity contribution in [1.29, 1.82) is 0 Å². The van der Waals surface area contributed by atoms with E-state index in [1.807, 2.05) is 41.5 Å². The summed E-state index contributed by atoms with van der Waals surface area (Å²) in [5, 5.41) is 31.3. The smallest absolute Gasteiger partial charge is 0.326 e. The van der Waals surface area contributed by atoms with Crippen LogP contribution in [0.4, 0.5) is 0 Å². The van der Waals surface area contributed by atoms with Gasteiger partial charge in [0.2, 0.25) is 35.4 Å². The van der Waals surface area contributed by atoms with Gasteiger partial charge < -0.3 is 51.2 Å². The Bertz CT molecular complexity index is 1240. The minimum atomic E-state index is -1.22. The highest BCUT2D eigenvalue weighted by molar-refractivity contribution is 8.01. The number of carboxylic acids is 2. The van der Waals surface area contributed by atoms with Gasteiger partial charge in [-0.05, 0) is 19.3 Å². The number of rotatable bonds is 32. The quantitative estimate of drug-likeness (QED) is 0.0469. The molecule has 0 spiro atoms. The van der Waals surface area contributed by atoms with Gasteiger partial charge in [0.1, 0.15) is 6.04 Å². The van der Waals surface area contributed by atoms with E-state index in [2.05, 4.69) is 26.6 Å². The van der Waals surface area contributed by atoms with E-state index in [0.29, 0.717) is 30.9 Å². The highest BCUT2D eigenvalue weighted by Crippen LogP contribution is 2.23. The van der Waals surface area contributed by atoms with Gasteiger partial charge in [0.25, 0.3) is 0 Å². The molecule has 0 aliphatic carbocycles. The lowest BCUT2D eigenvalue weighted by Gasteiger charge is -2.24. The van der Waals surface area contributed by atoms with Crippen molar-refractivity contribution < 1.29 is 58.0 Å². The Kier molecular flexibility index (Phi) is 28.5. The zero-order valence-electron chi connectivity index (χ0n) is 34.5. The third kappa shape index (κ3) is 34.2. The lowest BCUT2D eigenvalue weighted by Crippen LogP contribution is -2.43. The van der Waals surface area contributed by atoms with E-state index in [0.717, 1.165) is 0 Å². The average molecular weight is 851 g/mol. The summed E-state index contributed by atoms with van der Waals surface area (Å²) in [7, 11) is 0. The monoisotopic (exact) mass is 850 g/mol. The highest BCUT2D eigenvalue weighted by atomic mass is 32.2. The zero-order chi connectivity index (χ0) is 43.3. The summed E-state index contributed by atoms with van der Waals surface area (Å²) in [5.74, 6) is -3.53. The molecular formula is C37H66N6O12S2. The molecule has 18 nitrogen and oxygen atoms in total. The number of hydrogen-bond acceptors (Lipinski definition) is 12. The number of unbranched alkanes of at least 4 members (excludes halogenated alkanes) is 1. The maximum Gasteiger partial charge on any atom is 0.326 e. The van der Waals surface area contributed by atoms with Gasteiger partial charge in [0.15, 0.2) is 0 Å². The van der Waals surface area contributed by atoms with Crippen LogP contribution in [0.25, 0.3) is 0 Å². The standard InChI is InChI=1S/C37H66N6O12S2/c1-36(2,3)56-25-31(47)39-16-19-43(20-17-40-32(48)26-57-37(4,5)6)33(49)12-10-28(44)41-18-22-55-24-23-54-21-14-29(45)38-15-8-7-9-27(35(52)53)42-30(46)11-13-34(50)51/h27H,7-26H2,1-6H3,(H,38,45)(H,39,47)(H,40,48)(H,41,44)(H,42,46)(H,50,51)(H,52,53)/t27-/m0/s1. The molecule has 6 amide bonds. The number of aliphatic carboxylic acids is 2. The molecule has 0 aliphatic rings. The van der Waals surface area contributed by atoms with Crippen LogP contribution in [-0.4, -0.2) is 155 Å². The summed E-state index contributed by atoms with van der Waals surface area (Å²) < 4.78 is 10.7. The van der Waals surface area contributed by atoms with Gasteiger partial charge in [-0.2, -0.15) is 0 Å². The Morgan fingerprint density at radius 1 is 0.561 bits per heavy atom. The van der Waals surface area contributed by atoms with E-state index in [9.17, 15) is 43.5 Å². The molecule has 0 fully saturated rings. The summed E-state index contributed by atoms with van der Waals surface area (Å²) in [6.45, 7) is 14.5. The Labute approximate surface area is 345 Å². The number of nitrogens with zero attached hydrogens (tertiary/aromatic N) is 1. The second kappa shape index (κ2) is 30.5. The molecule has 0 aromatic rings. The van der Waals surface area contributed by atoms with Gasteiger partial charge in [-0.1, -0.05) is 41.5 Å². The summed E-state index contributed by atoms with van der Waals surface area (Å²) in [6, 6.07) is -1.14. The highest BCUT2D eigenvalue weighted by Gasteiger charge is 2.21. The minimum absolute atomic E-state index is 0.0408. The number of amides is 6. The van der Waals surface area contributed by atoms with E-state index in [1.54, 1.807) is 0 Å². The fourth-order valence-electron chi connectivity index (χ4n) is 4.44. The van der Waals surface area contributed by atoms with Crippen molar-refractivity contribution in [3.63, 3.8) is 0 Å². The predicted octanol–water partition coefficient (Wildman–Crippen LogP) is 1.15. The molecule has 0 saturated carbocycles. The number of carbonyl (C=O) groups is 8. The van der Waals surface area contributed by atoms with Crippen molar-refractivity contribution in [1.82, 2.24) is 31.5 Å². The van der Waals surface area contributed by atoms with Crippen molar-refractivity contribution in [3.8, 4) is 0 Å². The second-order valence-corrected chi connectivity index (χ2v) is 18.5. The van der Waals surface area contributed by atoms with Crippen LogP contribution in [0, 0.1) is 0 Å². The van der Waals surface area contributed by atoms with E-state index < -0.39 is 23.9 Å². The molecule has 0 aliphatic heterocycles. The SMILES string of the molecule is CC(C)(C)SCC(=O)NCCN(CCNC(=O)CSC(C)(C)C)C(=O)CCC(=O)NCCOCCOCCC(=O)NCCCC[C@H](NC(=O)CCC(=O)O)C(=O)O. The van der Waals surface area contributed by atoms with Gasteiger partial charge in [-0.3, -0.25) is 33.6 Å². The van der Waals surface area contributed by atoms with Gasteiger partial charge in [0, 0.05) is 74.4 Å². The molecule has 57 heavy (non-hydrogen) atoms. The summed E-state index contributed by atoms with van der Waals surface area (Å²) >= 11 is 3.04. The number of carboxylic acid groups (broad SMARTS) is 2. The predicted molar refractivity (Wildman–Crippen MR) is 219 cm³/mol. The average Bonchev–Trinajstić information content (AvgIpc) is 3.11. The third-order valence-electron chi connectivity index (χ3n) is 7.45. The van der Waals surface area contributed by atoms with Gasteiger partial charge in [-0.15, -0.1) is 23.5 Å². The lowest BCUT2D eigenvalue weighted by atomic mass is 10.1. The van der Waals surface area contributed by atoms with Crippen molar-refractivity contribution in [3.05, 3.63) is 0 Å². The maximum absolute atomic E-state index is 13.0. The fourth-order valence-corrected chi connectivity index (χ4v) is 5.77. The molecule has 0 aromatic carbocycles. The first-order chi connectivity index (χ1) is 26.7. The molecule has 1 atom stereocenters. The van der Waals surface area contributed by atoms with Crippen LogP contribution in [0.1, 0.15) is 92.9 Å². The van der Waals surface area contributed by atoms with Gasteiger partial charge in [-0.25, -0.2) is 4.79 Å². The van der Waals surface area contributed by atoms with Crippen LogP contribution in [0.2, 0.25) is 0 Å². The number of hydrogen-bond donors (Lipinski definition) is 7. The van der Waals surface area contributed by atoms with Crippen molar-refractivity contribution >= 4 is 70.9 Å². The van der Waals surface area contributed by atoms with Crippen molar-refractivity contribution in [2.45, 2.75) is 108 Å². The third-order valence-corrected chi connectivity index (χ3v) is 10.00. The topological polar surface area (TPSA) is 259 Å². The molecule has 328 valence electrons. The molecule has 0 saturated heterocycles. The van der Waals surface area contributed by atoms with Crippen LogP contribution in [0.15, 0.2) is 0 Å².